The second kappa shape index (κ2) is 1.85. The van der Waals surface area contributed by atoms with Crippen molar-refractivity contribution in [2.24, 2.45) is 0 Å². The second-order valence-electron chi connectivity index (χ2n) is 0.847. The molecule has 0 amide bonds. The summed E-state index contributed by atoms with van der Waals surface area (Å²) in [6.45, 7) is 0. The molecule has 0 aromatic rings. The lowest BCUT2D eigenvalue weighted by Gasteiger charge is -1.97. The molecule has 1 aliphatic heterocycles. The fraction of sp³-hybridized carbons (Fsp3) is 0. The van der Waals surface area contributed by atoms with Crippen LogP contribution in [0.4, 0.5) is 0 Å². The molecule has 1 aliphatic rings. The molecule has 0 aromatic carbocycles. The Morgan fingerprint density at radius 3 is 2.50 bits per heavy atom. The van der Waals surface area contributed by atoms with Gasteiger partial charge < -0.3 is 4.18 Å². The molecule has 4 nitrogen and oxygen atoms in total. The zero-order valence-electron chi connectivity index (χ0n) is 3.45. The average molecular weight is 152 g/mol. The largest absolute Gasteiger partial charge is 0.469 e. The van der Waals surface area contributed by atoms with Crippen molar-refractivity contribution in [2.75, 3.05) is 0 Å². The van der Waals surface area contributed by atoms with E-state index in [4.69, 9.17) is 0 Å². The Balaban J connectivity index is 2.86. The summed E-state index contributed by atoms with van der Waals surface area (Å²) in [4.78, 5) is 0. The van der Waals surface area contributed by atoms with E-state index in [1.807, 2.05) is 6.11 Å². The fourth-order valence-corrected chi connectivity index (χ4v) is 1.01. The normalized spacial score (nSPS) is 22.5. The van der Waals surface area contributed by atoms with Crippen molar-refractivity contribution in [3.8, 4) is 11.4 Å². The first-order chi connectivity index (χ1) is 3.71. The fourth-order valence-electron chi connectivity index (χ4n) is 0.158. The third kappa shape index (κ3) is 1.30. The van der Waals surface area contributed by atoms with Crippen LogP contribution in [0.15, 0.2) is 0 Å². The molecule has 0 saturated carbocycles. The van der Waals surface area contributed by atoms with E-state index in [1.54, 1.807) is 0 Å². The van der Waals surface area contributed by atoms with Crippen LogP contribution in [-0.2, 0) is 18.2 Å². The van der Waals surface area contributed by atoms with E-state index < -0.39 is 10.4 Å². The minimum absolute atomic E-state index is 0.528. The van der Waals surface area contributed by atoms with Gasteiger partial charge in [0.2, 0.25) is 0 Å². The van der Waals surface area contributed by atoms with Crippen molar-refractivity contribution in [1.29, 1.82) is 0 Å². The van der Waals surface area contributed by atoms with Gasteiger partial charge in [-0.05, 0) is 0 Å². The summed E-state index contributed by atoms with van der Waals surface area (Å²) in [5.41, 5.74) is 0. The Morgan fingerprint density at radius 1 is 1.50 bits per heavy atom. The van der Waals surface area contributed by atoms with Crippen molar-refractivity contribution in [3.63, 3.8) is 0 Å². The molecule has 0 unspecified atom stereocenters. The van der Waals surface area contributed by atoms with Gasteiger partial charge in [-0.3, -0.25) is 0 Å². The third-order valence-corrected chi connectivity index (χ3v) is 1.74. The topological polar surface area (TPSA) is 52.6 Å². The van der Waals surface area contributed by atoms with E-state index in [1.165, 1.54) is 0 Å². The van der Waals surface area contributed by atoms with Gasteiger partial charge in [0.1, 0.15) is 18.1 Å². The molecule has 0 N–H and O–H groups in total. The summed E-state index contributed by atoms with van der Waals surface area (Å²) in [5, 5.41) is 2.18. The summed E-state index contributed by atoms with van der Waals surface area (Å²) in [5.74, 6) is 0. The highest BCUT2D eigenvalue weighted by Crippen LogP contribution is 2.11. The first-order valence-corrected chi connectivity index (χ1v) is 3.57. The van der Waals surface area contributed by atoms with Gasteiger partial charge in [0.25, 0.3) is 0 Å². The molecular formula is C2O4S2. The predicted molar refractivity (Wildman–Crippen MR) is 26.5 cm³/mol. The number of hydrogen-bond acceptors (Lipinski definition) is 5. The Morgan fingerprint density at radius 2 is 2.25 bits per heavy atom. The zero-order valence-corrected chi connectivity index (χ0v) is 5.08. The Labute approximate surface area is 50.7 Å². The summed E-state index contributed by atoms with van der Waals surface area (Å²) in [6.07, 6.45) is 1.88. The molecule has 0 spiro atoms. The highest BCUT2D eigenvalue weighted by atomic mass is 32.3. The van der Waals surface area contributed by atoms with Crippen LogP contribution in [0.2, 0.25) is 0 Å². The Hall–Kier alpha value is -0.380. The van der Waals surface area contributed by atoms with Crippen molar-refractivity contribution in [3.05, 3.63) is 0 Å². The molecule has 0 fully saturated rings. The molecular weight excluding hydrogens is 152 g/mol. The van der Waals surface area contributed by atoms with Crippen LogP contribution in [0, 0.1) is 11.4 Å². The maximum atomic E-state index is 10.1. The molecule has 1 heterocycles. The Bertz CT molecular complexity index is 228. The molecule has 1 rings (SSSR count). The van der Waals surface area contributed by atoms with E-state index in [9.17, 15) is 8.42 Å². The summed E-state index contributed by atoms with van der Waals surface area (Å²) in [7, 11) is -3.79. The lowest BCUT2D eigenvalue weighted by Crippen LogP contribution is -2.03. The van der Waals surface area contributed by atoms with Gasteiger partial charge in [0.05, 0.1) is 0 Å². The minimum atomic E-state index is -3.79. The van der Waals surface area contributed by atoms with E-state index in [0.29, 0.717) is 12.0 Å². The van der Waals surface area contributed by atoms with Gasteiger partial charge in [-0.15, -0.1) is 0 Å². The average Bonchev–Trinajstić information content (AvgIpc) is 1.65. The summed E-state index contributed by atoms with van der Waals surface area (Å²) >= 11 is 0.528. The second-order valence-corrected chi connectivity index (χ2v) is 2.75. The maximum Gasteiger partial charge on any atom is 0.469 e. The first kappa shape index (κ1) is 5.75. The van der Waals surface area contributed by atoms with E-state index >= 15 is 0 Å². The highest BCUT2D eigenvalue weighted by Gasteiger charge is 2.13. The van der Waals surface area contributed by atoms with Gasteiger partial charge >= 0.3 is 10.4 Å². The molecule has 0 atom stereocenters. The molecule has 0 aromatic heterocycles. The predicted octanol–water partition coefficient (Wildman–Crippen LogP) is -0.155. The first-order valence-electron chi connectivity index (χ1n) is 1.49. The van der Waals surface area contributed by atoms with Crippen LogP contribution in [0.5, 0.6) is 0 Å². The van der Waals surface area contributed by atoms with E-state index in [-0.39, 0.29) is 0 Å². The van der Waals surface area contributed by atoms with Crippen LogP contribution in [0.3, 0.4) is 0 Å². The van der Waals surface area contributed by atoms with E-state index in [0.717, 1.165) is 0 Å². The monoisotopic (exact) mass is 152 g/mol. The molecule has 6 heteroatoms. The summed E-state index contributed by atoms with van der Waals surface area (Å²) < 4.78 is 28.0. The van der Waals surface area contributed by atoms with Crippen LogP contribution in [0.1, 0.15) is 0 Å². The SMILES string of the molecule is O=S1(=O)OC#CSO1. The van der Waals surface area contributed by atoms with Crippen molar-refractivity contribution in [1.82, 2.24) is 0 Å². The van der Waals surface area contributed by atoms with Gasteiger partial charge in [-0.2, -0.15) is 12.0 Å². The van der Waals surface area contributed by atoms with Gasteiger partial charge in [-0.1, -0.05) is 0 Å². The Kier molecular flexibility index (Phi) is 1.33. The molecule has 8 heavy (non-hydrogen) atoms. The van der Waals surface area contributed by atoms with Crippen molar-refractivity contribution < 1.29 is 16.2 Å². The lowest BCUT2D eigenvalue weighted by molar-refractivity contribution is 0.393. The van der Waals surface area contributed by atoms with Crippen LogP contribution in [0.25, 0.3) is 0 Å². The van der Waals surface area contributed by atoms with Crippen LogP contribution >= 0.6 is 12.0 Å². The summed E-state index contributed by atoms with van der Waals surface area (Å²) in [6, 6.07) is 0. The molecule has 0 bridgehead atoms. The maximum absolute atomic E-state index is 10.1. The quantitative estimate of drug-likeness (QED) is 0.356. The lowest BCUT2D eigenvalue weighted by atomic mass is 11.3. The van der Waals surface area contributed by atoms with Crippen LogP contribution in [-0.4, -0.2) is 8.42 Å². The van der Waals surface area contributed by atoms with Crippen molar-refractivity contribution in [2.45, 2.75) is 0 Å². The third-order valence-electron chi connectivity index (χ3n) is 0.344. The molecule has 0 saturated heterocycles. The van der Waals surface area contributed by atoms with Gasteiger partial charge in [0.15, 0.2) is 0 Å². The molecule has 44 valence electrons. The van der Waals surface area contributed by atoms with Crippen molar-refractivity contribution >= 4 is 22.4 Å². The zero-order chi connectivity index (χ0) is 6.04. The number of rotatable bonds is 0. The van der Waals surface area contributed by atoms with Crippen LogP contribution < -0.4 is 0 Å². The van der Waals surface area contributed by atoms with Gasteiger partial charge in [0, 0.05) is 5.25 Å². The van der Waals surface area contributed by atoms with Gasteiger partial charge in [-0.25, -0.2) is 0 Å². The minimum Gasteiger partial charge on any atom is -0.305 e. The molecule has 0 aliphatic carbocycles. The number of hydrogen-bond donors (Lipinski definition) is 0. The highest BCUT2D eigenvalue weighted by molar-refractivity contribution is 8.06. The molecule has 0 radical (unpaired) electrons. The standard InChI is InChI=1S/C2O4S2/c3-8(4)5-1-2-7-6-8. The van der Waals surface area contributed by atoms with E-state index in [2.05, 4.69) is 13.1 Å². The smallest absolute Gasteiger partial charge is 0.305 e.